The van der Waals surface area contributed by atoms with E-state index in [1.807, 2.05) is 20.8 Å². The van der Waals surface area contributed by atoms with Crippen LogP contribution in [0.2, 0.25) is 5.04 Å². The number of hydrogen-bond acceptors (Lipinski definition) is 5. The molecule has 0 aliphatic heterocycles. The molecule has 0 spiro atoms. The van der Waals surface area contributed by atoms with E-state index >= 15 is 0 Å². The van der Waals surface area contributed by atoms with E-state index in [-0.39, 0.29) is 5.04 Å². The van der Waals surface area contributed by atoms with Crippen molar-refractivity contribution >= 4 is 30.0 Å². The van der Waals surface area contributed by atoms with Gasteiger partial charge in [-0.1, -0.05) is 27.2 Å². The van der Waals surface area contributed by atoms with Crippen molar-refractivity contribution in [3.63, 3.8) is 0 Å². The summed E-state index contributed by atoms with van der Waals surface area (Å²) in [5.41, 5.74) is 0. The van der Waals surface area contributed by atoms with Crippen molar-refractivity contribution in [3.05, 3.63) is 0 Å². The van der Waals surface area contributed by atoms with E-state index in [1.165, 1.54) is 0 Å². The van der Waals surface area contributed by atoms with Crippen LogP contribution in [0.1, 0.15) is 34.1 Å². The Morgan fingerprint density at radius 3 is 2.06 bits per heavy atom. The summed E-state index contributed by atoms with van der Waals surface area (Å²) in [6, 6.07) is 0. The van der Waals surface area contributed by atoms with E-state index in [4.69, 9.17) is 8.42 Å². The van der Waals surface area contributed by atoms with Gasteiger partial charge in [0.1, 0.15) is 0 Å². The number of rotatable bonds is 6. The molecular formula is C7H18O6S2Si. The first-order valence-corrected chi connectivity index (χ1v) is 9.03. The quantitative estimate of drug-likeness (QED) is 0.556. The second-order valence-corrected chi connectivity index (χ2v) is 11.2. The molecular weight excluding hydrogens is 272 g/mol. The predicted molar refractivity (Wildman–Crippen MR) is 63.9 cm³/mol. The third-order valence-electron chi connectivity index (χ3n) is 2.40. The third kappa shape index (κ3) is 4.91. The molecule has 0 amide bonds. The molecule has 0 fully saturated rings. The van der Waals surface area contributed by atoms with Crippen LogP contribution in [0.4, 0.5) is 0 Å². The van der Waals surface area contributed by atoms with Crippen molar-refractivity contribution in [1.29, 1.82) is 0 Å². The van der Waals surface area contributed by atoms with Crippen LogP contribution >= 0.6 is 0 Å². The smallest absolute Gasteiger partial charge is 0.284 e. The van der Waals surface area contributed by atoms with Crippen LogP contribution < -0.4 is 0 Å². The molecule has 6 nitrogen and oxygen atoms in total. The summed E-state index contributed by atoms with van der Waals surface area (Å²) in [6.07, 6.45) is 0.745. The largest absolute Gasteiger partial charge is 0.321 e. The topological polar surface area (TPSA) is 97.7 Å². The fourth-order valence-electron chi connectivity index (χ4n) is 0.588. The lowest BCUT2D eigenvalue weighted by Crippen LogP contribution is -2.31. The van der Waals surface area contributed by atoms with Crippen molar-refractivity contribution in [2.75, 3.05) is 0 Å². The monoisotopic (exact) mass is 290 g/mol. The van der Waals surface area contributed by atoms with E-state index in [0.717, 1.165) is 13.3 Å². The van der Waals surface area contributed by atoms with Gasteiger partial charge in [0.05, 0.1) is 0 Å². The van der Waals surface area contributed by atoms with Crippen molar-refractivity contribution in [2.45, 2.75) is 43.7 Å². The van der Waals surface area contributed by atoms with Crippen LogP contribution in [0, 0.1) is 0 Å². The molecule has 0 bridgehead atoms. The van der Waals surface area contributed by atoms with Gasteiger partial charge in [-0.25, -0.2) is 0 Å². The molecule has 1 atom stereocenters. The summed E-state index contributed by atoms with van der Waals surface area (Å²) in [6.45, 7) is 6.49. The zero-order valence-corrected chi connectivity index (χ0v) is 12.8. The second kappa shape index (κ2) is 5.13. The highest BCUT2D eigenvalue weighted by Gasteiger charge is 2.34. The van der Waals surface area contributed by atoms with Gasteiger partial charge in [-0.2, -0.15) is 16.8 Å². The maximum Gasteiger partial charge on any atom is 0.284 e. The summed E-state index contributed by atoms with van der Waals surface area (Å²) in [4.78, 5) is 0. The van der Waals surface area contributed by atoms with Gasteiger partial charge in [0.25, 0.3) is 20.2 Å². The Hall–Kier alpha value is 0.0369. The van der Waals surface area contributed by atoms with E-state index in [2.05, 4.69) is 0 Å². The van der Waals surface area contributed by atoms with Crippen molar-refractivity contribution < 1.29 is 25.3 Å². The standard InChI is InChI=1S/C7H18O6S2Si/c1-5-7(3,4)16-13-15(11,12)6(2)14(8,9)10/h6H,5,16H2,1-4H3,(H,8,9,10). The maximum atomic E-state index is 11.4. The molecule has 0 aromatic rings. The summed E-state index contributed by atoms with van der Waals surface area (Å²) in [5, 5.41) is -0.230. The van der Waals surface area contributed by atoms with Crippen LogP contribution in [-0.2, 0) is 24.1 Å². The molecule has 1 unspecified atom stereocenters. The van der Waals surface area contributed by atoms with Gasteiger partial charge in [0, 0.05) is 0 Å². The fraction of sp³-hybridized carbons (Fsp3) is 1.00. The SMILES string of the molecule is CCC(C)(C)[SiH2]OS(=O)(=O)C(C)S(=O)(=O)O. The minimum atomic E-state index is -4.63. The van der Waals surface area contributed by atoms with Crippen molar-refractivity contribution in [2.24, 2.45) is 0 Å². The van der Waals surface area contributed by atoms with Gasteiger partial charge >= 0.3 is 0 Å². The summed E-state index contributed by atoms with van der Waals surface area (Å²) in [5.74, 6) is 0. The molecule has 16 heavy (non-hydrogen) atoms. The Bertz CT molecular complexity index is 424. The van der Waals surface area contributed by atoms with Crippen molar-refractivity contribution in [1.82, 2.24) is 0 Å². The molecule has 0 heterocycles. The average Bonchev–Trinajstić information content (AvgIpc) is 2.13. The van der Waals surface area contributed by atoms with Gasteiger partial charge in [-0.15, -0.1) is 0 Å². The molecule has 1 N–H and O–H groups in total. The Morgan fingerprint density at radius 1 is 1.31 bits per heavy atom. The second-order valence-electron chi connectivity index (χ2n) is 4.36. The Morgan fingerprint density at radius 2 is 1.75 bits per heavy atom. The highest BCUT2D eigenvalue weighted by atomic mass is 32.3. The van der Waals surface area contributed by atoms with Gasteiger partial charge in [0.15, 0.2) is 9.76 Å². The molecule has 0 rings (SSSR count). The Labute approximate surface area is 99.2 Å². The minimum Gasteiger partial charge on any atom is -0.321 e. The summed E-state index contributed by atoms with van der Waals surface area (Å²) >= 11 is 0. The van der Waals surface area contributed by atoms with Crippen molar-refractivity contribution in [3.8, 4) is 0 Å². The molecule has 9 heteroatoms. The lowest BCUT2D eigenvalue weighted by molar-refractivity contribution is 0.455. The molecule has 0 aromatic heterocycles. The van der Waals surface area contributed by atoms with E-state index in [1.54, 1.807) is 0 Å². The van der Waals surface area contributed by atoms with Gasteiger partial charge < -0.3 is 3.87 Å². The molecule has 0 aliphatic rings. The summed E-state index contributed by atoms with van der Waals surface area (Å²) < 4.78 is 55.6. The first-order valence-electron chi connectivity index (χ1n) is 4.77. The molecule has 98 valence electrons. The van der Waals surface area contributed by atoms with Crippen LogP contribution in [0.15, 0.2) is 0 Å². The number of hydrogen-bond donors (Lipinski definition) is 1. The van der Waals surface area contributed by atoms with E-state index in [0.29, 0.717) is 0 Å². The first-order chi connectivity index (χ1) is 6.92. The molecule has 0 aromatic carbocycles. The summed E-state index contributed by atoms with van der Waals surface area (Å²) in [7, 11) is -10.3. The lowest BCUT2D eigenvalue weighted by atomic mass is 10.1. The van der Waals surface area contributed by atoms with Crippen LogP contribution in [-0.4, -0.2) is 35.7 Å². The van der Waals surface area contributed by atoms with E-state index in [9.17, 15) is 16.8 Å². The Kier molecular flexibility index (Phi) is 5.14. The Balaban J connectivity index is 4.75. The highest BCUT2D eigenvalue weighted by molar-refractivity contribution is 8.04. The zero-order valence-electron chi connectivity index (χ0n) is 9.80. The lowest BCUT2D eigenvalue weighted by Gasteiger charge is -2.21. The highest BCUT2D eigenvalue weighted by Crippen LogP contribution is 2.28. The average molecular weight is 290 g/mol. The van der Waals surface area contributed by atoms with E-state index < -0.39 is 34.6 Å². The van der Waals surface area contributed by atoms with Gasteiger partial charge in [-0.05, 0) is 12.0 Å². The normalized spacial score (nSPS) is 16.8. The molecule has 0 radical (unpaired) electrons. The van der Waals surface area contributed by atoms with Gasteiger partial charge in [-0.3, -0.25) is 4.55 Å². The zero-order chi connectivity index (χ0) is 13.2. The van der Waals surface area contributed by atoms with Gasteiger partial charge in [0.2, 0.25) is 4.58 Å². The maximum absolute atomic E-state index is 11.4. The van der Waals surface area contributed by atoms with Crippen LogP contribution in [0.25, 0.3) is 0 Å². The molecule has 0 saturated heterocycles. The minimum absolute atomic E-state index is 0.230. The fourth-order valence-corrected chi connectivity index (χ4v) is 5.18. The van der Waals surface area contributed by atoms with Crippen LogP contribution in [0.5, 0.6) is 0 Å². The molecule has 0 aliphatic carbocycles. The predicted octanol–water partition coefficient (Wildman–Crippen LogP) is 0.259. The first kappa shape index (κ1) is 16.0. The molecule has 0 saturated carbocycles. The van der Waals surface area contributed by atoms with Crippen LogP contribution in [0.3, 0.4) is 0 Å². The third-order valence-corrected chi connectivity index (χ3v) is 8.55.